The van der Waals surface area contributed by atoms with E-state index < -0.39 is 9.84 Å². The Hall–Kier alpha value is -2.18. The van der Waals surface area contributed by atoms with Crippen molar-refractivity contribution >= 4 is 26.3 Å². The van der Waals surface area contributed by atoms with Gasteiger partial charge in [0.15, 0.2) is 15.0 Å². The molecule has 0 radical (unpaired) electrons. The molecule has 1 aliphatic rings. The molecule has 1 saturated heterocycles. The third-order valence-corrected chi connectivity index (χ3v) is 9.11. The number of aromatic nitrogens is 1. The van der Waals surface area contributed by atoms with Crippen LogP contribution in [-0.4, -0.2) is 31.7 Å². The van der Waals surface area contributed by atoms with Crippen LogP contribution in [0.3, 0.4) is 0 Å². The number of nitrogens with zero attached hydrogens (tertiary/aromatic N) is 2. The molecule has 0 aliphatic carbocycles. The van der Waals surface area contributed by atoms with Gasteiger partial charge in [-0.3, -0.25) is 0 Å². The fraction of sp³-hybridized carbons (Fsp3) is 0.375. The summed E-state index contributed by atoms with van der Waals surface area (Å²) >= 11 is 1.64. The van der Waals surface area contributed by atoms with Gasteiger partial charge in [-0.05, 0) is 63.8 Å². The molecule has 1 fully saturated rings. The first-order chi connectivity index (χ1) is 14.3. The average Bonchev–Trinajstić information content (AvgIpc) is 3.17. The quantitative estimate of drug-likeness (QED) is 0.538. The molecule has 0 unspecified atom stereocenters. The van der Waals surface area contributed by atoms with Crippen LogP contribution < -0.4 is 4.90 Å². The highest BCUT2D eigenvalue weighted by molar-refractivity contribution is 7.92. The molecule has 30 heavy (non-hydrogen) atoms. The van der Waals surface area contributed by atoms with Gasteiger partial charge in [-0.1, -0.05) is 35.4 Å². The van der Waals surface area contributed by atoms with Gasteiger partial charge < -0.3 is 4.90 Å². The second-order valence-corrected chi connectivity index (χ2v) is 11.4. The molecule has 0 saturated carbocycles. The Labute approximate surface area is 183 Å². The van der Waals surface area contributed by atoms with Crippen molar-refractivity contribution < 1.29 is 8.42 Å². The Morgan fingerprint density at radius 3 is 2.13 bits per heavy atom. The molecule has 3 aromatic rings. The van der Waals surface area contributed by atoms with Crippen LogP contribution in [0.2, 0.25) is 0 Å². The summed E-state index contributed by atoms with van der Waals surface area (Å²) in [5.74, 6) is 0. The maximum Gasteiger partial charge on any atom is 0.185 e. The molecule has 0 amide bonds. The van der Waals surface area contributed by atoms with Gasteiger partial charge in [-0.25, -0.2) is 13.4 Å². The minimum atomic E-state index is -3.28. The lowest BCUT2D eigenvalue weighted by atomic mass is 9.98. The molecule has 1 aliphatic heterocycles. The van der Waals surface area contributed by atoms with E-state index in [1.54, 1.807) is 23.5 Å². The van der Waals surface area contributed by atoms with Crippen LogP contribution in [0.5, 0.6) is 0 Å². The van der Waals surface area contributed by atoms with Crippen molar-refractivity contribution in [2.45, 2.75) is 50.7 Å². The Morgan fingerprint density at radius 2 is 1.53 bits per heavy atom. The minimum Gasteiger partial charge on any atom is -0.348 e. The fourth-order valence-corrected chi connectivity index (χ4v) is 6.99. The van der Waals surface area contributed by atoms with Crippen LogP contribution in [0.1, 0.15) is 35.1 Å². The monoisotopic (exact) mass is 440 g/mol. The maximum atomic E-state index is 13.0. The van der Waals surface area contributed by atoms with Gasteiger partial charge in [0.1, 0.15) is 0 Å². The number of benzene rings is 2. The van der Waals surface area contributed by atoms with Crippen molar-refractivity contribution in [3.05, 3.63) is 64.0 Å². The minimum absolute atomic E-state index is 0.322. The largest absolute Gasteiger partial charge is 0.348 e. The maximum absolute atomic E-state index is 13.0. The molecule has 0 atom stereocenters. The summed E-state index contributed by atoms with van der Waals surface area (Å²) in [6, 6.07) is 11.6. The smallest absolute Gasteiger partial charge is 0.185 e. The second kappa shape index (κ2) is 8.16. The van der Waals surface area contributed by atoms with Crippen molar-refractivity contribution in [3.63, 3.8) is 0 Å². The zero-order valence-corrected chi connectivity index (χ0v) is 19.6. The Morgan fingerprint density at radius 1 is 0.933 bits per heavy atom. The number of hydrogen-bond acceptors (Lipinski definition) is 5. The molecule has 158 valence electrons. The summed E-state index contributed by atoms with van der Waals surface area (Å²) in [6.45, 7) is 9.79. The van der Waals surface area contributed by atoms with Crippen molar-refractivity contribution in [1.29, 1.82) is 0 Å². The molecule has 0 N–H and O–H groups in total. The van der Waals surface area contributed by atoms with E-state index >= 15 is 0 Å². The molecule has 2 aromatic carbocycles. The molecule has 4 nitrogen and oxygen atoms in total. The summed E-state index contributed by atoms with van der Waals surface area (Å²) in [7, 11) is -3.28. The van der Waals surface area contributed by atoms with Gasteiger partial charge in [0.2, 0.25) is 0 Å². The van der Waals surface area contributed by atoms with Crippen molar-refractivity contribution in [3.8, 4) is 11.3 Å². The number of hydrogen-bond donors (Lipinski definition) is 0. The summed E-state index contributed by atoms with van der Waals surface area (Å²) in [4.78, 5) is 7.57. The van der Waals surface area contributed by atoms with E-state index in [2.05, 4.69) is 43.2 Å². The topological polar surface area (TPSA) is 50.3 Å². The Bertz CT molecular complexity index is 1130. The number of piperidine rings is 1. The third kappa shape index (κ3) is 4.03. The first-order valence-corrected chi connectivity index (χ1v) is 12.8. The van der Waals surface area contributed by atoms with Crippen LogP contribution >= 0.6 is 11.3 Å². The fourth-order valence-electron chi connectivity index (χ4n) is 4.39. The van der Waals surface area contributed by atoms with Crippen LogP contribution in [-0.2, 0) is 9.84 Å². The van der Waals surface area contributed by atoms with E-state index in [0.29, 0.717) is 30.8 Å². The van der Waals surface area contributed by atoms with E-state index in [9.17, 15) is 8.42 Å². The van der Waals surface area contributed by atoms with Gasteiger partial charge >= 0.3 is 0 Å². The molecule has 0 spiro atoms. The summed E-state index contributed by atoms with van der Waals surface area (Å²) in [6.07, 6.45) is 1.27. The normalized spacial score (nSPS) is 15.5. The first-order valence-electron chi connectivity index (χ1n) is 10.3. The lowest BCUT2D eigenvalue weighted by molar-refractivity contribution is 0.529. The van der Waals surface area contributed by atoms with Crippen molar-refractivity contribution in [2.24, 2.45) is 0 Å². The standard InChI is InChI=1S/C24H28N2O2S2/c1-16-5-7-20(8-6-16)30(27,28)21-9-11-26(12-10-21)24-25-22(15-29-24)23-18(3)13-17(2)14-19(23)4/h5-8,13-15,21H,9-12H2,1-4H3. The van der Waals surface area contributed by atoms with Crippen LogP contribution in [0.15, 0.2) is 46.7 Å². The van der Waals surface area contributed by atoms with Crippen LogP contribution in [0.4, 0.5) is 5.13 Å². The van der Waals surface area contributed by atoms with E-state index in [4.69, 9.17) is 4.98 Å². The van der Waals surface area contributed by atoms with E-state index in [1.165, 1.54) is 22.3 Å². The lowest BCUT2D eigenvalue weighted by Gasteiger charge is -2.31. The summed E-state index contributed by atoms with van der Waals surface area (Å²) in [5, 5.41) is 2.78. The molecule has 1 aromatic heterocycles. The molecule has 6 heteroatoms. The third-order valence-electron chi connectivity index (χ3n) is 5.93. The SMILES string of the molecule is Cc1ccc(S(=O)(=O)C2CCN(c3nc(-c4c(C)cc(C)cc4C)cs3)CC2)cc1. The van der Waals surface area contributed by atoms with E-state index in [-0.39, 0.29) is 5.25 Å². The average molecular weight is 441 g/mol. The summed E-state index contributed by atoms with van der Waals surface area (Å²) < 4.78 is 26.0. The zero-order valence-electron chi connectivity index (χ0n) is 18.0. The predicted octanol–water partition coefficient (Wildman–Crippen LogP) is 5.49. The first kappa shape index (κ1) is 21.1. The number of sulfone groups is 1. The van der Waals surface area contributed by atoms with E-state index in [1.807, 2.05) is 19.1 Å². The van der Waals surface area contributed by atoms with Crippen molar-refractivity contribution in [2.75, 3.05) is 18.0 Å². The molecule has 2 heterocycles. The predicted molar refractivity (Wildman–Crippen MR) is 125 cm³/mol. The summed E-state index contributed by atoms with van der Waals surface area (Å²) in [5.41, 5.74) is 7.04. The molecular weight excluding hydrogens is 412 g/mol. The van der Waals surface area contributed by atoms with Gasteiger partial charge in [-0.2, -0.15) is 0 Å². The molecular formula is C24H28N2O2S2. The van der Waals surface area contributed by atoms with Gasteiger partial charge in [-0.15, -0.1) is 11.3 Å². The van der Waals surface area contributed by atoms with Gasteiger partial charge in [0, 0.05) is 24.0 Å². The van der Waals surface area contributed by atoms with Crippen LogP contribution in [0.25, 0.3) is 11.3 Å². The van der Waals surface area contributed by atoms with E-state index in [0.717, 1.165) is 16.4 Å². The number of thiazole rings is 1. The highest BCUT2D eigenvalue weighted by Gasteiger charge is 2.32. The zero-order chi connectivity index (χ0) is 21.5. The number of aryl methyl sites for hydroxylation is 4. The van der Waals surface area contributed by atoms with Gasteiger partial charge in [0.05, 0.1) is 15.8 Å². The second-order valence-electron chi connectivity index (χ2n) is 8.33. The number of anilines is 1. The number of rotatable bonds is 4. The Kier molecular flexibility index (Phi) is 5.73. The van der Waals surface area contributed by atoms with Crippen LogP contribution in [0, 0.1) is 27.7 Å². The highest BCUT2D eigenvalue weighted by atomic mass is 32.2. The van der Waals surface area contributed by atoms with Crippen molar-refractivity contribution in [1.82, 2.24) is 4.98 Å². The highest BCUT2D eigenvalue weighted by Crippen LogP contribution is 2.34. The van der Waals surface area contributed by atoms with Gasteiger partial charge in [0.25, 0.3) is 0 Å². The molecule has 0 bridgehead atoms. The lowest BCUT2D eigenvalue weighted by Crippen LogP contribution is -2.39. The Balaban J connectivity index is 1.49. The molecule has 4 rings (SSSR count).